The van der Waals surface area contributed by atoms with Gasteiger partial charge in [0.15, 0.2) is 11.5 Å². The van der Waals surface area contributed by atoms with E-state index in [1.54, 1.807) is 0 Å². The lowest BCUT2D eigenvalue weighted by Crippen LogP contribution is -2.43. The highest BCUT2D eigenvalue weighted by molar-refractivity contribution is 5.78. The molecule has 2 heterocycles. The van der Waals surface area contributed by atoms with Gasteiger partial charge in [0, 0.05) is 25.7 Å². The highest BCUT2D eigenvalue weighted by atomic mass is 16.7. The van der Waals surface area contributed by atoms with Gasteiger partial charge in [0.05, 0.1) is 6.54 Å². The molecular weight excluding hydrogens is 474 g/mol. The van der Waals surface area contributed by atoms with Crippen molar-refractivity contribution in [1.29, 1.82) is 0 Å². The first-order valence-electron chi connectivity index (χ1n) is 14.9. The van der Waals surface area contributed by atoms with Crippen LogP contribution in [-0.4, -0.2) is 80.3 Å². The number of hydrogen-bond acceptors (Lipinski definition) is 5. The molecule has 1 aliphatic carbocycles. The van der Waals surface area contributed by atoms with Crippen LogP contribution in [0, 0.1) is 0 Å². The fourth-order valence-electron chi connectivity index (χ4n) is 5.63. The predicted molar refractivity (Wildman–Crippen MR) is 157 cm³/mol. The second-order valence-electron chi connectivity index (χ2n) is 10.9. The Balaban J connectivity index is 0.00000195. The fraction of sp³-hybridized carbons (Fsp3) is 0.656. The highest BCUT2D eigenvalue weighted by Gasteiger charge is 2.35. The Morgan fingerprint density at radius 3 is 2.55 bits per heavy atom. The molecule has 2 aliphatic heterocycles. The van der Waals surface area contributed by atoms with Crippen LogP contribution in [0.1, 0.15) is 83.6 Å². The molecule has 1 aromatic carbocycles. The Kier molecular flexibility index (Phi) is 12.7. The molecule has 2 unspecified atom stereocenters. The number of benzene rings is 1. The first-order valence-corrected chi connectivity index (χ1v) is 14.9. The largest absolute Gasteiger partial charge is 0.454 e. The molecule has 1 aromatic rings. The van der Waals surface area contributed by atoms with Gasteiger partial charge in [0.25, 0.3) is 0 Å². The molecule has 212 valence electrons. The Morgan fingerprint density at radius 1 is 1.05 bits per heavy atom. The van der Waals surface area contributed by atoms with Crippen LogP contribution in [0.2, 0.25) is 0 Å². The predicted octanol–water partition coefficient (Wildman–Crippen LogP) is 6.24. The van der Waals surface area contributed by atoms with Crippen molar-refractivity contribution in [3.63, 3.8) is 0 Å². The zero-order valence-corrected chi connectivity index (χ0v) is 24.6. The summed E-state index contributed by atoms with van der Waals surface area (Å²) in [6.07, 6.45) is 15.4. The molecule has 4 rings (SSSR count). The van der Waals surface area contributed by atoms with Crippen molar-refractivity contribution in [2.75, 3.05) is 53.6 Å². The summed E-state index contributed by atoms with van der Waals surface area (Å²) in [4.78, 5) is 20.4. The maximum atomic E-state index is 13.6. The molecule has 2 atom stereocenters. The van der Waals surface area contributed by atoms with Crippen molar-refractivity contribution < 1.29 is 14.3 Å². The molecule has 1 fully saturated rings. The van der Waals surface area contributed by atoms with Crippen LogP contribution in [0.3, 0.4) is 0 Å². The van der Waals surface area contributed by atoms with E-state index in [1.165, 1.54) is 11.1 Å². The summed E-state index contributed by atoms with van der Waals surface area (Å²) in [7, 11) is 4.23. The van der Waals surface area contributed by atoms with E-state index in [2.05, 4.69) is 66.1 Å². The number of rotatable bonds is 14. The third-order valence-corrected chi connectivity index (χ3v) is 7.80. The molecule has 0 bridgehead atoms. The van der Waals surface area contributed by atoms with Crippen molar-refractivity contribution in [3.05, 3.63) is 47.6 Å². The van der Waals surface area contributed by atoms with Crippen LogP contribution in [0.4, 0.5) is 0 Å². The van der Waals surface area contributed by atoms with Crippen molar-refractivity contribution in [3.8, 4) is 11.5 Å². The molecule has 6 nitrogen and oxygen atoms in total. The second kappa shape index (κ2) is 15.9. The van der Waals surface area contributed by atoms with Gasteiger partial charge in [-0.3, -0.25) is 9.69 Å². The lowest BCUT2D eigenvalue weighted by atomic mass is 9.94. The molecule has 1 saturated heterocycles. The summed E-state index contributed by atoms with van der Waals surface area (Å²) in [6.45, 7) is 10.8. The number of amides is 1. The van der Waals surface area contributed by atoms with Gasteiger partial charge < -0.3 is 19.3 Å². The number of allylic oxidation sites excluding steroid dienone is 4. The number of carbonyl (C=O) groups is 1. The summed E-state index contributed by atoms with van der Waals surface area (Å²) >= 11 is 0. The number of likely N-dealkylation sites (tertiary alicyclic amines) is 1. The minimum atomic E-state index is 0.298. The van der Waals surface area contributed by atoms with Crippen LogP contribution in [0.25, 0.3) is 0 Å². The zero-order chi connectivity index (χ0) is 27.3. The Morgan fingerprint density at radius 2 is 1.82 bits per heavy atom. The summed E-state index contributed by atoms with van der Waals surface area (Å²) in [5, 5.41) is 0. The standard InChI is InChI=1S/C30H45N3O3.C2H6/c1-4-5-17-32(18-9-8-16-31(2)3)30(34)22-33-21-26(19-27(33)14-12-24-10-6-7-11-24)25-13-15-28-29(20-25)36-23-35-28;1-2/h6-7,10,13,15,20,26-27H,4-5,8-9,11-12,14,16-19,21-23H2,1-3H3;1-2H3. The average molecular weight is 526 g/mol. The van der Waals surface area contributed by atoms with Gasteiger partial charge in [-0.15, -0.1) is 0 Å². The summed E-state index contributed by atoms with van der Waals surface area (Å²) in [5.74, 6) is 2.40. The Hall–Kier alpha value is -2.31. The van der Waals surface area contributed by atoms with Gasteiger partial charge >= 0.3 is 0 Å². The summed E-state index contributed by atoms with van der Waals surface area (Å²) in [5.41, 5.74) is 2.81. The first kappa shape index (κ1) is 30.2. The van der Waals surface area contributed by atoms with Crippen LogP contribution in [0.15, 0.2) is 42.0 Å². The van der Waals surface area contributed by atoms with E-state index in [1.807, 2.05) is 19.9 Å². The number of ether oxygens (including phenoxy) is 2. The molecular formula is C32H51N3O3. The quantitative estimate of drug-likeness (QED) is 0.269. The fourth-order valence-corrected chi connectivity index (χ4v) is 5.63. The lowest BCUT2D eigenvalue weighted by Gasteiger charge is -2.29. The van der Waals surface area contributed by atoms with Gasteiger partial charge in [0.1, 0.15) is 0 Å². The van der Waals surface area contributed by atoms with Crippen molar-refractivity contribution in [2.45, 2.75) is 84.1 Å². The van der Waals surface area contributed by atoms with Gasteiger partial charge in [-0.2, -0.15) is 0 Å². The van der Waals surface area contributed by atoms with Crippen LogP contribution >= 0.6 is 0 Å². The SMILES string of the molecule is CC.CCCCN(CCCCN(C)C)C(=O)CN1CC(c2ccc3c(c2)OCO3)CC1CCC1=CC=CC1. The van der Waals surface area contributed by atoms with E-state index in [0.717, 1.165) is 89.0 Å². The average Bonchev–Trinajstić information content (AvgIpc) is 3.69. The van der Waals surface area contributed by atoms with Gasteiger partial charge in [-0.1, -0.05) is 57.1 Å². The van der Waals surface area contributed by atoms with E-state index in [-0.39, 0.29) is 0 Å². The van der Waals surface area contributed by atoms with E-state index in [9.17, 15) is 4.79 Å². The van der Waals surface area contributed by atoms with Crippen molar-refractivity contribution in [2.24, 2.45) is 0 Å². The molecule has 0 aromatic heterocycles. The molecule has 3 aliphatic rings. The van der Waals surface area contributed by atoms with E-state index < -0.39 is 0 Å². The monoisotopic (exact) mass is 525 g/mol. The number of carbonyl (C=O) groups excluding carboxylic acids is 1. The molecule has 0 spiro atoms. The van der Waals surface area contributed by atoms with Gasteiger partial charge in [-0.25, -0.2) is 0 Å². The highest BCUT2D eigenvalue weighted by Crippen LogP contribution is 2.39. The maximum Gasteiger partial charge on any atom is 0.236 e. The van der Waals surface area contributed by atoms with Crippen molar-refractivity contribution >= 4 is 5.91 Å². The van der Waals surface area contributed by atoms with Crippen LogP contribution in [0.5, 0.6) is 11.5 Å². The lowest BCUT2D eigenvalue weighted by molar-refractivity contribution is -0.132. The maximum absolute atomic E-state index is 13.6. The minimum absolute atomic E-state index is 0.298. The minimum Gasteiger partial charge on any atom is -0.454 e. The van der Waals surface area contributed by atoms with Crippen LogP contribution < -0.4 is 9.47 Å². The third kappa shape index (κ3) is 8.88. The van der Waals surface area contributed by atoms with Gasteiger partial charge in [0.2, 0.25) is 12.7 Å². The third-order valence-electron chi connectivity index (χ3n) is 7.80. The van der Waals surface area contributed by atoms with Gasteiger partial charge in [-0.05, 0) is 89.2 Å². The van der Waals surface area contributed by atoms with Crippen LogP contribution in [-0.2, 0) is 4.79 Å². The topological polar surface area (TPSA) is 45.2 Å². The number of nitrogens with zero attached hydrogens (tertiary/aromatic N) is 3. The van der Waals surface area contributed by atoms with E-state index in [4.69, 9.17) is 9.47 Å². The van der Waals surface area contributed by atoms with E-state index >= 15 is 0 Å². The first-order chi connectivity index (χ1) is 18.5. The summed E-state index contributed by atoms with van der Waals surface area (Å²) < 4.78 is 11.2. The zero-order valence-electron chi connectivity index (χ0n) is 24.6. The molecule has 0 N–H and O–H groups in total. The smallest absolute Gasteiger partial charge is 0.236 e. The Bertz CT molecular complexity index is 927. The number of unbranched alkanes of at least 4 members (excludes halogenated alkanes) is 2. The molecule has 0 saturated carbocycles. The normalized spacial score (nSPS) is 20.0. The second-order valence-corrected chi connectivity index (χ2v) is 10.9. The van der Waals surface area contributed by atoms with E-state index in [0.29, 0.717) is 31.2 Å². The molecule has 1 amide bonds. The molecule has 38 heavy (non-hydrogen) atoms. The van der Waals surface area contributed by atoms with Crippen molar-refractivity contribution in [1.82, 2.24) is 14.7 Å². The summed E-state index contributed by atoms with van der Waals surface area (Å²) in [6, 6.07) is 6.79. The molecule has 0 radical (unpaired) electrons. The number of fused-ring (bicyclic) bond motifs is 1. The number of hydrogen-bond donors (Lipinski definition) is 0. The molecule has 6 heteroatoms. The Labute approximate surface area is 231 Å².